The van der Waals surface area contributed by atoms with Crippen molar-refractivity contribution in [2.24, 2.45) is 0 Å². The van der Waals surface area contributed by atoms with Gasteiger partial charge in [0.2, 0.25) is 0 Å². The van der Waals surface area contributed by atoms with Gasteiger partial charge in [-0.1, -0.05) is 32.4 Å². The number of aromatic nitrogens is 2. The van der Waals surface area contributed by atoms with Crippen LogP contribution in [-0.4, -0.2) is 9.78 Å². The number of rotatable bonds is 1. The van der Waals surface area contributed by atoms with Gasteiger partial charge in [-0.25, -0.2) is 9.07 Å². The maximum atomic E-state index is 13.4. The molecule has 0 spiro atoms. The first-order valence-electron chi connectivity index (χ1n) is 5.78. The van der Waals surface area contributed by atoms with Crippen LogP contribution in [-0.2, 0) is 5.41 Å². The van der Waals surface area contributed by atoms with Gasteiger partial charge in [0.05, 0.1) is 16.4 Å². The van der Waals surface area contributed by atoms with E-state index >= 15 is 0 Å². The van der Waals surface area contributed by atoms with E-state index in [0.29, 0.717) is 11.4 Å². The van der Waals surface area contributed by atoms with Crippen LogP contribution in [0.4, 0.5) is 10.1 Å². The van der Waals surface area contributed by atoms with E-state index in [1.165, 1.54) is 16.8 Å². The van der Waals surface area contributed by atoms with Crippen molar-refractivity contribution < 1.29 is 4.39 Å². The van der Waals surface area contributed by atoms with E-state index in [1.54, 1.807) is 6.07 Å². The Labute approximate surface area is 115 Å². The summed E-state index contributed by atoms with van der Waals surface area (Å²) < 4.78 is 14.7. The van der Waals surface area contributed by atoms with Gasteiger partial charge in [-0.2, -0.15) is 0 Å². The number of benzene rings is 1. The molecule has 0 unspecified atom stereocenters. The molecule has 0 aliphatic rings. The van der Waals surface area contributed by atoms with Crippen molar-refractivity contribution in [2.45, 2.75) is 26.2 Å². The standard InChI is InChI=1S/C13H15ClFN3O/c1-13(2,3)11-10(16)12(19)18(17-11)7-4-5-8(14)9(15)6-7/h4-6,17H,16H2,1-3H3. The number of nitrogens with one attached hydrogen (secondary N) is 1. The molecule has 6 heteroatoms. The molecule has 0 amide bonds. The highest BCUT2D eigenvalue weighted by atomic mass is 35.5. The highest BCUT2D eigenvalue weighted by Crippen LogP contribution is 2.25. The van der Waals surface area contributed by atoms with Crippen molar-refractivity contribution in [1.82, 2.24) is 9.78 Å². The molecule has 1 aromatic carbocycles. The highest BCUT2D eigenvalue weighted by molar-refractivity contribution is 6.30. The zero-order valence-corrected chi connectivity index (χ0v) is 11.7. The zero-order chi connectivity index (χ0) is 14.4. The van der Waals surface area contributed by atoms with Crippen molar-refractivity contribution in [3.63, 3.8) is 0 Å². The number of nitrogens with zero attached hydrogens (tertiary/aromatic N) is 1. The number of nitrogens with two attached hydrogens (primary N) is 1. The lowest BCUT2D eigenvalue weighted by molar-refractivity contribution is 0.561. The SMILES string of the molecule is CC(C)(C)c1[nH]n(-c2ccc(Cl)c(F)c2)c(=O)c1N. The van der Waals surface area contributed by atoms with E-state index in [0.717, 1.165) is 0 Å². The summed E-state index contributed by atoms with van der Waals surface area (Å²) in [5.41, 5.74) is 6.22. The van der Waals surface area contributed by atoms with Crippen LogP contribution in [0.3, 0.4) is 0 Å². The molecule has 3 N–H and O–H groups in total. The summed E-state index contributed by atoms with van der Waals surface area (Å²) in [7, 11) is 0. The number of H-pyrrole nitrogens is 1. The lowest BCUT2D eigenvalue weighted by Gasteiger charge is -2.16. The van der Waals surface area contributed by atoms with E-state index in [9.17, 15) is 9.18 Å². The molecular weight excluding hydrogens is 269 g/mol. The smallest absolute Gasteiger partial charge is 0.294 e. The van der Waals surface area contributed by atoms with Crippen molar-refractivity contribution in [3.8, 4) is 5.69 Å². The molecule has 0 bridgehead atoms. The summed E-state index contributed by atoms with van der Waals surface area (Å²) >= 11 is 5.62. The Morgan fingerprint density at radius 2 is 2.00 bits per heavy atom. The van der Waals surface area contributed by atoms with Crippen LogP contribution >= 0.6 is 11.6 Å². The molecule has 0 aliphatic heterocycles. The molecule has 4 nitrogen and oxygen atoms in total. The predicted octanol–water partition coefficient (Wildman–Crippen LogP) is 2.84. The topological polar surface area (TPSA) is 63.8 Å². The molecular formula is C13H15ClFN3O. The van der Waals surface area contributed by atoms with Gasteiger partial charge >= 0.3 is 0 Å². The number of anilines is 1. The Morgan fingerprint density at radius 3 is 2.47 bits per heavy atom. The maximum Gasteiger partial charge on any atom is 0.294 e. The summed E-state index contributed by atoms with van der Waals surface area (Å²) in [6.45, 7) is 5.80. The second-order valence-electron chi connectivity index (χ2n) is 5.39. The van der Waals surface area contributed by atoms with Crippen LogP contribution in [0.1, 0.15) is 26.5 Å². The summed E-state index contributed by atoms with van der Waals surface area (Å²) in [6.07, 6.45) is 0. The van der Waals surface area contributed by atoms with Gasteiger partial charge in [0, 0.05) is 11.5 Å². The Balaban J connectivity index is 2.64. The first-order chi connectivity index (χ1) is 8.71. The van der Waals surface area contributed by atoms with Crippen molar-refractivity contribution >= 4 is 17.3 Å². The van der Waals surface area contributed by atoms with Crippen LogP contribution in [0, 0.1) is 5.82 Å². The van der Waals surface area contributed by atoms with Gasteiger partial charge in [-0.15, -0.1) is 0 Å². The normalized spacial score (nSPS) is 11.8. The fourth-order valence-corrected chi connectivity index (χ4v) is 1.95. The van der Waals surface area contributed by atoms with Gasteiger partial charge in [-0.3, -0.25) is 9.89 Å². The van der Waals surface area contributed by atoms with Gasteiger partial charge in [-0.05, 0) is 12.1 Å². The molecule has 0 aliphatic carbocycles. The fourth-order valence-electron chi connectivity index (χ4n) is 1.83. The maximum absolute atomic E-state index is 13.4. The number of aromatic amines is 1. The Bertz CT molecular complexity index is 682. The molecule has 0 atom stereocenters. The molecule has 1 aromatic heterocycles. The monoisotopic (exact) mass is 283 g/mol. The molecule has 1 heterocycles. The van der Waals surface area contributed by atoms with Gasteiger partial charge in [0.1, 0.15) is 11.5 Å². The minimum Gasteiger partial charge on any atom is -0.393 e. The van der Waals surface area contributed by atoms with Crippen LogP contribution in [0.5, 0.6) is 0 Å². The van der Waals surface area contributed by atoms with Crippen LogP contribution in [0.2, 0.25) is 5.02 Å². The molecule has 19 heavy (non-hydrogen) atoms. The Kier molecular flexibility index (Phi) is 3.18. The predicted molar refractivity (Wildman–Crippen MR) is 74.5 cm³/mol. The Hall–Kier alpha value is -1.75. The largest absolute Gasteiger partial charge is 0.393 e. The summed E-state index contributed by atoms with van der Waals surface area (Å²) in [6, 6.07) is 4.13. The Morgan fingerprint density at radius 1 is 1.37 bits per heavy atom. The van der Waals surface area contributed by atoms with E-state index in [2.05, 4.69) is 5.10 Å². The third-order valence-electron chi connectivity index (χ3n) is 2.84. The van der Waals surface area contributed by atoms with E-state index < -0.39 is 11.4 Å². The van der Waals surface area contributed by atoms with Crippen molar-refractivity contribution in [3.05, 3.63) is 45.1 Å². The van der Waals surface area contributed by atoms with Crippen molar-refractivity contribution in [1.29, 1.82) is 0 Å². The summed E-state index contributed by atoms with van der Waals surface area (Å²) in [5.74, 6) is -0.587. The quantitative estimate of drug-likeness (QED) is 0.845. The summed E-state index contributed by atoms with van der Waals surface area (Å²) in [5, 5.41) is 2.93. The average molecular weight is 284 g/mol. The highest BCUT2D eigenvalue weighted by Gasteiger charge is 2.23. The molecule has 0 saturated carbocycles. The minimum absolute atomic E-state index is 0.00683. The molecule has 0 radical (unpaired) electrons. The van der Waals surface area contributed by atoms with Crippen LogP contribution in [0.25, 0.3) is 5.69 Å². The third kappa shape index (κ3) is 2.38. The number of hydrogen-bond acceptors (Lipinski definition) is 2. The van der Waals surface area contributed by atoms with Gasteiger partial charge < -0.3 is 5.73 Å². The minimum atomic E-state index is -0.587. The number of nitrogen functional groups attached to an aromatic ring is 1. The number of hydrogen-bond donors (Lipinski definition) is 2. The first-order valence-corrected chi connectivity index (χ1v) is 6.16. The second-order valence-corrected chi connectivity index (χ2v) is 5.80. The second kappa shape index (κ2) is 4.42. The molecule has 102 valence electrons. The third-order valence-corrected chi connectivity index (χ3v) is 3.14. The van der Waals surface area contributed by atoms with E-state index in [1.807, 2.05) is 20.8 Å². The first kappa shape index (κ1) is 13.7. The summed E-state index contributed by atoms with van der Waals surface area (Å²) in [4.78, 5) is 12.1. The van der Waals surface area contributed by atoms with Crippen LogP contribution < -0.4 is 11.3 Å². The average Bonchev–Trinajstić information content (AvgIpc) is 2.60. The van der Waals surface area contributed by atoms with Crippen LogP contribution in [0.15, 0.2) is 23.0 Å². The lowest BCUT2D eigenvalue weighted by Crippen LogP contribution is -2.17. The molecule has 0 saturated heterocycles. The van der Waals surface area contributed by atoms with E-state index in [-0.39, 0.29) is 16.1 Å². The molecule has 2 rings (SSSR count). The molecule has 0 fully saturated rings. The molecule has 2 aromatic rings. The zero-order valence-electron chi connectivity index (χ0n) is 10.9. The fraction of sp³-hybridized carbons (Fsp3) is 0.308. The number of halogens is 2. The van der Waals surface area contributed by atoms with E-state index in [4.69, 9.17) is 17.3 Å². The van der Waals surface area contributed by atoms with Gasteiger partial charge in [0.15, 0.2) is 0 Å². The van der Waals surface area contributed by atoms with Gasteiger partial charge in [0.25, 0.3) is 5.56 Å². The lowest BCUT2D eigenvalue weighted by atomic mass is 9.91. The van der Waals surface area contributed by atoms with Crippen molar-refractivity contribution in [2.75, 3.05) is 5.73 Å².